The molecule has 0 spiro atoms. The number of piperazine rings is 1. The molecular weight excluding hydrogens is 927 g/mol. The van der Waals surface area contributed by atoms with Crippen molar-refractivity contribution in [3.8, 4) is 0 Å². The molecule has 0 aromatic rings. The van der Waals surface area contributed by atoms with Crippen molar-refractivity contribution in [2.24, 2.45) is 20.7 Å². The van der Waals surface area contributed by atoms with E-state index in [9.17, 15) is 24.7 Å². The molecule has 4 atom stereocenters. The molecule has 0 aromatic carbocycles. The fraction of sp³-hybridized carbons (Fsp3) is 1.00. The lowest BCUT2D eigenvalue weighted by Gasteiger charge is -2.37. The van der Waals surface area contributed by atoms with Gasteiger partial charge in [0.2, 0.25) is 0 Å². The molecule has 0 amide bonds. The van der Waals surface area contributed by atoms with Gasteiger partial charge in [0, 0.05) is 98.2 Å². The summed E-state index contributed by atoms with van der Waals surface area (Å²) < 4.78 is 0. The summed E-state index contributed by atoms with van der Waals surface area (Å²) in [6.45, 7) is 20.8. The van der Waals surface area contributed by atoms with Gasteiger partial charge in [-0.05, 0) is 25.7 Å². The molecule has 0 saturated carbocycles. The maximum atomic E-state index is 12.2. The van der Waals surface area contributed by atoms with Crippen molar-refractivity contribution in [1.29, 1.82) is 0 Å². The number of aliphatic hydroxyl groups is 1. The quantitative estimate of drug-likeness (QED) is 0.0460. The minimum absolute atomic E-state index is 0.189. The van der Waals surface area contributed by atoms with E-state index in [1.54, 1.807) is 0 Å². The van der Waals surface area contributed by atoms with Crippen molar-refractivity contribution in [3.63, 3.8) is 0 Å². The van der Waals surface area contributed by atoms with Gasteiger partial charge in [0.05, 0.1) is 12.6 Å². The molecular formula is C60H121N9O5. The number of hydrogen-bond acceptors (Lipinski definition) is 14. The Bertz CT molecular complexity index is 1200. The molecule has 1 aliphatic rings. The average Bonchev–Trinajstić information content (AvgIpc) is 3.41. The first-order valence-corrected chi connectivity index (χ1v) is 31.9. The molecule has 436 valence electrons. The standard InChI is InChI=1S/C60H121N9O5/c1-5-9-13-17-21-25-29-33-37-57(62-72)53-67(42-41-61-71)50-51-68(56-60(70)40-36-32-28-24-20-16-12-8-4)49-47-65-43-45-66(46-44-65)48-52-69(54-58(63-73)38-34-30-26-22-18-14-10-6-2)55-59(64-74)39-35-31-27-23-19-15-11-7-3/h57-60,70H,5-56H2,1-4H3. The Balaban J connectivity index is 2.89. The van der Waals surface area contributed by atoms with E-state index in [0.717, 1.165) is 130 Å². The minimum atomic E-state index is -0.394. The zero-order valence-electron chi connectivity index (χ0n) is 49.2. The molecule has 74 heavy (non-hydrogen) atoms. The van der Waals surface area contributed by atoms with Crippen molar-refractivity contribution in [2.45, 2.75) is 283 Å². The highest BCUT2D eigenvalue weighted by Gasteiger charge is 2.24. The summed E-state index contributed by atoms with van der Waals surface area (Å²) in [6.07, 6.45) is 42.2. The van der Waals surface area contributed by atoms with Gasteiger partial charge in [-0.1, -0.05) is 254 Å². The van der Waals surface area contributed by atoms with Gasteiger partial charge in [0.25, 0.3) is 0 Å². The Morgan fingerprint density at radius 2 is 0.635 bits per heavy atom. The molecule has 1 N–H and O–H groups in total. The van der Waals surface area contributed by atoms with Gasteiger partial charge in [-0.2, -0.15) is 19.6 Å². The average molecular weight is 1050 g/mol. The van der Waals surface area contributed by atoms with E-state index >= 15 is 0 Å². The molecule has 1 rings (SSSR count). The number of nitrogens with zero attached hydrogens (tertiary/aromatic N) is 9. The van der Waals surface area contributed by atoms with Crippen molar-refractivity contribution >= 4 is 0 Å². The molecule has 0 aliphatic carbocycles. The van der Waals surface area contributed by atoms with E-state index in [1.807, 2.05) is 0 Å². The van der Waals surface area contributed by atoms with Crippen molar-refractivity contribution in [2.75, 3.05) is 105 Å². The first-order chi connectivity index (χ1) is 36.3. The highest BCUT2D eigenvalue weighted by molar-refractivity contribution is 4.81. The molecule has 14 heteroatoms. The van der Waals surface area contributed by atoms with Crippen LogP contribution in [0.25, 0.3) is 0 Å². The lowest BCUT2D eigenvalue weighted by Crippen LogP contribution is -2.51. The molecule has 14 nitrogen and oxygen atoms in total. The van der Waals surface area contributed by atoms with Gasteiger partial charge in [0.15, 0.2) is 0 Å². The second kappa shape index (κ2) is 53.2. The van der Waals surface area contributed by atoms with Gasteiger partial charge in [-0.25, -0.2) is 0 Å². The van der Waals surface area contributed by atoms with Crippen LogP contribution >= 0.6 is 0 Å². The number of unbranched alkanes of at least 4 members (excludes halogenated alkanes) is 28. The van der Waals surface area contributed by atoms with Crippen LogP contribution in [0.4, 0.5) is 0 Å². The van der Waals surface area contributed by atoms with Gasteiger partial charge in [0.1, 0.15) is 18.1 Å². The van der Waals surface area contributed by atoms with Gasteiger partial charge in [-0.15, -0.1) is 0 Å². The Kier molecular flexibility index (Phi) is 50.4. The highest BCUT2D eigenvalue weighted by Crippen LogP contribution is 2.18. The van der Waals surface area contributed by atoms with E-state index in [0.29, 0.717) is 39.3 Å². The van der Waals surface area contributed by atoms with Crippen LogP contribution in [-0.4, -0.2) is 159 Å². The van der Waals surface area contributed by atoms with Crippen LogP contribution in [-0.2, 0) is 0 Å². The van der Waals surface area contributed by atoms with Crippen LogP contribution < -0.4 is 0 Å². The van der Waals surface area contributed by atoms with Gasteiger partial charge >= 0.3 is 0 Å². The summed E-state index contributed by atoms with van der Waals surface area (Å²) in [7, 11) is 0. The van der Waals surface area contributed by atoms with Crippen LogP contribution in [0.1, 0.15) is 259 Å². The summed E-state index contributed by atoms with van der Waals surface area (Å²) in [4.78, 5) is 59.8. The highest BCUT2D eigenvalue weighted by atomic mass is 16.3. The molecule has 1 heterocycles. The number of rotatable bonds is 59. The van der Waals surface area contributed by atoms with Crippen LogP contribution in [0.3, 0.4) is 0 Å². The molecule has 4 unspecified atom stereocenters. The first-order valence-electron chi connectivity index (χ1n) is 31.9. The second-order valence-electron chi connectivity index (χ2n) is 22.9. The second-order valence-corrected chi connectivity index (χ2v) is 22.9. The van der Waals surface area contributed by atoms with E-state index in [-0.39, 0.29) is 24.7 Å². The largest absolute Gasteiger partial charge is 0.392 e. The number of hydrogen-bond donors (Lipinski definition) is 1. The minimum Gasteiger partial charge on any atom is -0.392 e. The molecule has 1 aliphatic heterocycles. The number of aliphatic hydroxyl groups excluding tert-OH is 1. The summed E-state index contributed by atoms with van der Waals surface area (Å²) in [6, 6.07) is -0.821. The normalized spacial score (nSPS) is 15.3. The maximum absolute atomic E-state index is 12.2. The van der Waals surface area contributed by atoms with Crippen LogP contribution in [0.2, 0.25) is 0 Å². The SMILES string of the molecule is CCCCCCCCCCC(O)CN(CCN1CCN(CCN(CC(CCCCCCCCCC)N=O)CC(CCCCCCCCCC)N=O)CC1)CCN(CCN=O)CC(CCCCCCCCCC)N=O. The molecule has 0 bridgehead atoms. The molecule has 1 fully saturated rings. The molecule has 1 saturated heterocycles. The fourth-order valence-electron chi connectivity index (χ4n) is 11.0. The van der Waals surface area contributed by atoms with Crippen LogP contribution in [0, 0.1) is 19.6 Å². The summed E-state index contributed by atoms with van der Waals surface area (Å²) in [5, 5.41) is 25.3. The van der Waals surface area contributed by atoms with E-state index < -0.39 is 6.10 Å². The molecule has 0 aromatic heterocycles. The monoisotopic (exact) mass is 1050 g/mol. The third-order valence-electron chi connectivity index (χ3n) is 16.1. The van der Waals surface area contributed by atoms with Gasteiger partial charge < -0.3 is 5.11 Å². The lowest BCUT2D eigenvalue weighted by atomic mass is 10.0. The summed E-state index contributed by atoms with van der Waals surface area (Å²) in [5.74, 6) is 0. The smallest absolute Gasteiger partial charge is 0.105 e. The predicted molar refractivity (Wildman–Crippen MR) is 317 cm³/mol. The summed E-state index contributed by atoms with van der Waals surface area (Å²) in [5.41, 5.74) is 0. The predicted octanol–water partition coefficient (Wildman–Crippen LogP) is 15.2. The topological polar surface area (TPSA) is 154 Å². The van der Waals surface area contributed by atoms with Crippen LogP contribution in [0.5, 0.6) is 0 Å². The zero-order chi connectivity index (χ0) is 53.8. The Morgan fingerprint density at radius 3 is 0.959 bits per heavy atom. The Morgan fingerprint density at radius 1 is 0.351 bits per heavy atom. The summed E-state index contributed by atoms with van der Waals surface area (Å²) >= 11 is 0. The zero-order valence-corrected chi connectivity index (χ0v) is 49.2. The van der Waals surface area contributed by atoms with Crippen molar-refractivity contribution in [1.82, 2.24) is 24.5 Å². The maximum Gasteiger partial charge on any atom is 0.105 e. The van der Waals surface area contributed by atoms with E-state index in [2.05, 4.69) is 72.9 Å². The number of nitroso groups, excluding NO2 is 4. The van der Waals surface area contributed by atoms with Crippen LogP contribution in [0.15, 0.2) is 20.7 Å². The third kappa shape index (κ3) is 42.2. The van der Waals surface area contributed by atoms with Gasteiger partial charge in [-0.3, -0.25) is 24.5 Å². The van der Waals surface area contributed by atoms with Crippen molar-refractivity contribution < 1.29 is 5.11 Å². The lowest BCUT2D eigenvalue weighted by molar-refractivity contribution is 0.0749. The van der Waals surface area contributed by atoms with Crippen molar-refractivity contribution in [3.05, 3.63) is 19.6 Å². The van der Waals surface area contributed by atoms with E-state index in [1.165, 1.54) is 161 Å². The molecule has 0 radical (unpaired) electrons. The Hall–Kier alpha value is -1.84. The Labute approximate surface area is 456 Å². The third-order valence-corrected chi connectivity index (χ3v) is 16.1. The first kappa shape index (κ1) is 70.2. The fourth-order valence-corrected chi connectivity index (χ4v) is 11.0. The van der Waals surface area contributed by atoms with E-state index in [4.69, 9.17) is 0 Å².